The van der Waals surface area contributed by atoms with Gasteiger partial charge >= 0.3 is 0 Å². The van der Waals surface area contributed by atoms with Crippen molar-refractivity contribution < 1.29 is 0 Å². The highest BCUT2D eigenvalue weighted by molar-refractivity contribution is 7.15. The lowest BCUT2D eigenvalue weighted by molar-refractivity contribution is 0.253. The van der Waals surface area contributed by atoms with E-state index in [2.05, 4.69) is 37.7 Å². The Morgan fingerprint density at radius 2 is 2.05 bits per heavy atom. The largest absolute Gasteiger partial charge is 0.348 e. The molecule has 0 radical (unpaired) electrons. The SMILES string of the molecule is CC(C)c1nc(N(C)C2CCN(C)CC2)sc1CN. The van der Waals surface area contributed by atoms with Gasteiger partial charge in [0.25, 0.3) is 0 Å². The summed E-state index contributed by atoms with van der Waals surface area (Å²) < 4.78 is 0. The van der Waals surface area contributed by atoms with Gasteiger partial charge in [-0.1, -0.05) is 13.8 Å². The molecule has 1 aliphatic heterocycles. The fraction of sp³-hybridized carbons (Fsp3) is 0.786. The lowest BCUT2D eigenvalue weighted by Gasteiger charge is -2.34. The van der Waals surface area contributed by atoms with E-state index in [1.807, 2.05) is 0 Å². The summed E-state index contributed by atoms with van der Waals surface area (Å²) in [5.41, 5.74) is 7.03. The minimum absolute atomic E-state index is 0.453. The number of nitrogens with two attached hydrogens (primary N) is 1. The average molecular weight is 282 g/mol. The second kappa shape index (κ2) is 6.20. The molecule has 1 aliphatic rings. The van der Waals surface area contributed by atoms with E-state index in [1.54, 1.807) is 11.3 Å². The Hall–Kier alpha value is -0.650. The maximum absolute atomic E-state index is 5.84. The molecule has 0 aromatic carbocycles. The van der Waals surface area contributed by atoms with Gasteiger partial charge in [0.2, 0.25) is 0 Å². The molecular weight excluding hydrogens is 256 g/mol. The van der Waals surface area contributed by atoms with Crippen LogP contribution in [0.1, 0.15) is 43.2 Å². The van der Waals surface area contributed by atoms with Crippen LogP contribution in [0.25, 0.3) is 0 Å². The minimum Gasteiger partial charge on any atom is -0.348 e. The first-order valence-electron chi connectivity index (χ1n) is 7.14. The lowest BCUT2D eigenvalue weighted by atomic mass is 10.0. The lowest BCUT2D eigenvalue weighted by Crippen LogP contribution is -2.41. The summed E-state index contributed by atoms with van der Waals surface area (Å²) >= 11 is 1.77. The number of rotatable bonds is 4. The molecule has 2 heterocycles. The van der Waals surface area contributed by atoms with Gasteiger partial charge in [-0.25, -0.2) is 4.98 Å². The van der Waals surface area contributed by atoms with E-state index in [9.17, 15) is 0 Å². The molecule has 0 atom stereocenters. The van der Waals surface area contributed by atoms with Crippen LogP contribution >= 0.6 is 11.3 Å². The van der Waals surface area contributed by atoms with Crippen LogP contribution in [0.4, 0.5) is 5.13 Å². The first-order valence-corrected chi connectivity index (χ1v) is 7.95. The van der Waals surface area contributed by atoms with Gasteiger partial charge < -0.3 is 15.5 Å². The van der Waals surface area contributed by atoms with E-state index in [1.165, 1.54) is 36.5 Å². The molecule has 4 nitrogen and oxygen atoms in total. The van der Waals surface area contributed by atoms with Gasteiger partial charge in [0.05, 0.1) is 5.69 Å². The van der Waals surface area contributed by atoms with Crippen molar-refractivity contribution in [3.63, 3.8) is 0 Å². The van der Waals surface area contributed by atoms with Crippen LogP contribution in [0.2, 0.25) is 0 Å². The van der Waals surface area contributed by atoms with Crippen LogP contribution in [0, 0.1) is 0 Å². The maximum Gasteiger partial charge on any atom is 0.185 e. The summed E-state index contributed by atoms with van der Waals surface area (Å²) in [4.78, 5) is 10.8. The van der Waals surface area contributed by atoms with E-state index < -0.39 is 0 Å². The third-order valence-electron chi connectivity index (χ3n) is 3.99. The van der Waals surface area contributed by atoms with Crippen molar-refractivity contribution in [2.45, 2.75) is 45.2 Å². The summed E-state index contributed by atoms with van der Waals surface area (Å²) in [5.74, 6) is 0.453. The topological polar surface area (TPSA) is 45.4 Å². The van der Waals surface area contributed by atoms with Crippen molar-refractivity contribution in [2.24, 2.45) is 5.73 Å². The summed E-state index contributed by atoms with van der Waals surface area (Å²) in [6.07, 6.45) is 2.45. The molecule has 1 fully saturated rings. The first kappa shape index (κ1) is 14.8. The van der Waals surface area contributed by atoms with Gasteiger partial charge in [0.1, 0.15) is 0 Å². The number of hydrogen-bond acceptors (Lipinski definition) is 5. The minimum atomic E-state index is 0.453. The number of piperidine rings is 1. The Bertz CT molecular complexity index is 408. The van der Waals surface area contributed by atoms with Crippen molar-refractivity contribution in [1.82, 2.24) is 9.88 Å². The number of hydrogen-bond donors (Lipinski definition) is 1. The number of anilines is 1. The Morgan fingerprint density at radius 3 is 2.53 bits per heavy atom. The zero-order valence-electron chi connectivity index (χ0n) is 12.5. The van der Waals surface area contributed by atoms with E-state index in [0.717, 1.165) is 5.13 Å². The predicted octanol–water partition coefficient (Wildman–Crippen LogP) is 2.26. The standard InChI is InChI=1S/C14H26N4S/c1-10(2)13-12(9-15)19-14(16-13)18(4)11-5-7-17(3)8-6-11/h10-11H,5-9,15H2,1-4H3. The second-order valence-electron chi connectivity index (χ2n) is 5.81. The van der Waals surface area contributed by atoms with Crippen LogP contribution in [-0.2, 0) is 6.54 Å². The van der Waals surface area contributed by atoms with E-state index >= 15 is 0 Å². The molecule has 1 saturated heterocycles. The van der Waals surface area contributed by atoms with E-state index in [4.69, 9.17) is 10.7 Å². The number of likely N-dealkylation sites (tertiary alicyclic amines) is 1. The molecule has 0 aliphatic carbocycles. The van der Waals surface area contributed by atoms with Crippen LogP contribution in [0.3, 0.4) is 0 Å². The number of aromatic nitrogens is 1. The normalized spacial score (nSPS) is 18.2. The maximum atomic E-state index is 5.84. The van der Waals surface area contributed by atoms with Crippen molar-refractivity contribution >= 4 is 16.5 Å². The quantitative estimate of drug-likeness (QED) is 0.920. The zero-order chi connectivity index (χ0) is 14.0. The number of thiazole rings is 1. The third-order valence-corrected chi connectivity index (χ3v) is 5.17. The van der Waals surface area contributed by atoms with Crippen molar-refractivity contribution in [1.29, 1.82) is 0 Å². The molecule has 0 spiro atoms. The third kappa shape index (κ3) is 3.27. The second-order valence-corrected chi connectivity index (χ2v) is 6.87. The van der Waals surface area contributed by atoms with Crippen LogP contribution in [0.5, 0.6) is 0 Å². The van der Waals surface area contributed by atoms with Gasteiger partial charge in [-0.3, -0.25) is 0 Å². The summed E-state index contributed by atoms with van der Waals surface area (Å²) in [7, 11) is 4.38. The molecule has 0 unspecified atom stereocenters. The van der Waals surface area contributed by atoms with Crippen molar-refractivity contribution in [2.75, 3.05) is 32.1 Å². The van der Waals surface area contributed by atoms with E-state index in [0.29, 0.717) is 18.5 Å². The Kier molecular flexibility index (Phi) is 4.81. The molecule has 5 heteroatoms. The molecular formula is C14H26N4S. The number of nitrogens with zero attached hydrogens (tertiary/aromatic N) is 3. The first-order chi connectivity index (χ1) is 9.02. The molecule has 0 saturated carbocycles. The molecule has 108 valence electrons. The fourth-order valence-electron chi connectivity index (χ4n) is 2.64. The van der Waals surface area contributed by atoms with Gasteiger partial charge in [-0.15, -0.1) is 11.3 Å². The monoisotopic (exact) mass is 282 g/mol. The molecule has 1 aromatic rings. The predicted molar refractivity (Wildman–Crippen MR) is 83.0 cm³/mol. The highest BCUT2D eigenvalue weighted by Gasteiger charge is 2.24. The van der Waals surface area contributed by atoms with Crippen LogP contribution in [0.15, 0.2) is 0 Å². The van der Waals surface area contributed by atoms with Gasteiger partial charge in [0.15, 0.2) is 5.13 Å². The molecule has 19 heavy (non-hydrogen) atoms. The van der Waals surface area contributed by atoms with E-state index in [-0.39, 0.29) is 0 Å². The van der Waals surface area contributed by atoms with Crippen LogP contribution < -0.4 is 10.6 Å². The fourth-order valence-corrected chi connectivity index (χ4v) is 3.76. The summed E-state index contributed by atoms with van der Waals surface area (Å²) in [5, 5.41) is 1.14. The Balaban J connectivity index is 2.12. The summed E-state index contributed by atoms with van der Waals surface area (Å²) in [6.45, 7) is 7.34. The Morgan fingerprint density at radius 1 is 1.42 bits per heavy atom. The molecule has 2 rings (SSSR count). The van der Waals surface area contributed by atoms with Gasteiger partial charge in [0, 0.05) is 24.5 Å². The van der Waals surface area contributed by atoms with Gasteiger partial charge in [-0.05, 0) is 38.9 Å². The molecule has 1 aromatic heterocycles. The van der Waals surface area contributed by atoms with Gasteiger partial charge in [-0.2, -0.15) is 0 Å². The Labute approximate surface area is 120 Å². The average Bonchev–Trinajstić information content (AvgIpc) is 2.83. The highest BCUT2D eigenvalue weighted by atomic mass is 32.1. The van der Waals surface area contributed by atoms with Crippen LogP contribution in [-0.4, -0.2) is 43.1 Å². The molecule has 2 N–H and O–H groups in total. The van der Waals surface area contributed by atoms with Crippen molar-refractivity contribution in [3.8, 4) is 0 Å². The highest BCUT2D eigenvalue weighted by Crippen LogP contribution is 2.32. The molecule has 0 amide bonds. The molecule has 0 bridgehead atoms. The van der Waals surface area contributed by atoms with Crippen molar-refractivity contribution in [3.05, 3.63) is 10.6 Å². The zero-order valence-corrected chi connectivity index (χ0v) is 13.3. The smallest absolute Gasteiger partial charge is 0.185 e. The summed E-state index contributed by atoms with van der Waals surface area (Å²) in [6, 6.07) is 0.619.